The van der Waals surface area contributed by atoms with Crippen LogP contribution in [0.2, 0.25) is 5.02 Å². The van der Waals surface area contributed by atoms with Crippen LogP contribution in [0.4, 0.5) is 0 Å². The van der Waals surface area contributed by atoms with E-state index in [1.165, 1.54) is 32.2 Å². The second-order valence-corrected chi connectivity index (χ2v) is 8.36. The molecule has 0 saturated carbocycles. The zero-order chi connectivity index (χ0) is 19.9. The summed E-state index contributed by atoms with van der Waals surface area (Å²) in [6.07, 6.45) is 0.791. The lowest BCUT2D eigenvalue weighted by Crippen LogP contribution is -2.45. The summed E-state index contributed by atoms with van der Waals surface area (Å²) in [6.45, 7) is 6.12. The number of hydrogen-bond acceptors (Lipinski definition) is 6. The Morgan fingerprint density at radius 1 is 1.37 bits per heavy atom. The molecular formula is C17H26ClN3O5S. The van der Waals surface area contributed by atoms with Gasteiger partial charge in [-0.25, -0.2) is 8.42 Å². The molecule has 10 heteroatoms. The SMILES string of the molecule is COc1ccc(S(=O)(=O)N[C@H](C)C(=O)NCCCN2CCOCC2)cc1Cl. The maximum atomic E-state index is 12.4. The number of nitrogens with one attached hydrogen (secondary N) is 2. The lowest BCUT2D eigenvalue weighted by Gasteiger charge is -2.26. The molecule has 2 rings (SSSR count). The number of methoxy groups -OCH3 is 1. The van der Waals surface area contributed by atoms with Crippen LogP contribution >= 0.6 is 11.6 Å². The largest absolute Gasteiger partial charge is 0.495 e. The Balaban J connectivity index is 1.80. The lowest BCUT2D eigenvalue weighted by molar-refractivity contribution is -0.122. The van der Waals surface area contributed by atoms with E-state index in [2.05, 4.69) is 14.9 Å². The van der Waals surface area contributed by atoms with Gasteiger partial charge in [-0.1, -0.05) is 11.6 Å². The van der Waals surface area contributed by atoms with Gasteiger partial charge in [0.25, 0.3) is 0 Å². The number of carbonyl (C=O) groups is 1. The summed E-state index contributed by atoms with van der Waals surface area (Å²) in [6, 6.07) is 3.22. The zero-order valence-electron chi connectivity index (χ0n) is 15.5. The molecule has 0 bridgehead atoms. The maximum Gasteiger partial charge on any atom is 0.241 e. The van der Waals surface area contributed by atoms with Gasteiger partial charge >= 0.3 is 0 Å². The van der Waals surface area contributed by atoms with Crippen molar-refractivity contribution in [2.24, 2.45) is 0 Å². The van der Waals surface area contributed by atoms with Crippen LogP contribution in [0.5, 0.6) is 5.75 Å². The van der Waals surface area contributed by atoms with Crippen molar-refractivity contribution in [3.63, 3.8) is 0 Å². The second kappa shape index (κ2) is 10.2. The monoisotopic (exact) mass is 419 g/mol. The van der Waals surface area contributed by atoms with Crippen LogP contribution in [0.15, 0.2) is 23.1 Å². The van der Waals surface area contributed by atoms with Gasteiger partial charge in [-0.3, -0.25) is 9.69 Å². The highest BCUT2D eigenvalue weighted by Gasteiger charge is 2.22. The van der Waals surface area contributed by atoms with Crippen LogP contribution in [0.1, 0.15) is 13.3 Å². The molecule has 1 aromatic rings. The number of sulfonamides is 1. The van der Waals surface area contributed by atoms with E-state index in [0.29, 0.717) is 12.3 Å². The minimum absolute atomic E-state index is 0.0275. The number of carbonyl (C=O) groups excluding carboxylic acids is 1. The Labute approximate surface area is 165 Å². The van der Waals surface area contributed by atoms with E-state index in [0.717, 1.165) is 39.3 Å². The number of morpholine rings is 1. The first-order chi connectivity index (χ1) is 12.8. The predicted molar refractivity (Wildman–Crippen MR) is 103 cm³/mol. The van der Waals surface area contributed by atoms with Gasteiger partial charge in [-0.15, -0.1) is 0 Å². The normalized spacial score (nSPS) is 16.7. The van der Waals surface area contributed by atoms with Gasteiger partial charge in [0, 0.05) is 19.6 Å². The van der Waals surface area contributed by atoms with Crippen LogP contribution < -0.4 is 14.8 Å². The quantitative estimate of drug-likeness (QED) is 0.576. The van der Waals surface area contributed by atoms with Crippen LogP contribution in [0, 0.1) is 0 Å². The number of rotatable bonds is 9. The molecule has 0 radical (unpaired) electrons. The summed E-state index contributed by atoms with van der Waals surface area (Å²) in [4.78, 5) is 14.4. The molecule has 152 valence electrons. The molecule has 1 fully saturated rings. The number of halogens is 1. The third-order valence-electron chi connectivity index (χ3n) is 4.21. The van der Waals surface area contributed by atoms with Gasteiger partial charge in [0.1, 0.15) is 5.75 Å². The van der Waals surface area contributed by atoms with E-state index in [1.807, 2.05) is 0 Å². The van der Waals surface area contributed by atoms with Crippen molar-refractivity contribution in [2.45, 2.75) is 24.3 Å². The summed E-state index contributed by atoms with van der Waals surface area (Å²) in [7, 11) is -2.43. The summed E-state index contributed by atoms with van der Waals surface area (Å²) < 4.78 is 37.5. The number of nitrogens with zero attached hydrogens (tertiary/aromatic N) is 1. The van der Waals surface area contributed by atoms with Crippen molar-refractivity contribution >= 4 is 27.5 Å². The first-order valence-electron chi connectivity index (χ1n) is 8.77. The molecule has 2 N–H and O–H groups in total. The van der Waals surface area contributed by atoms with E-state index in [1.54, 1.807) is 0 Å². The van der Waals surface area contributed by atoms with E-state index in [9.17, 15) is 13.2 Å². The molecule has 27 heavy (non-hydrogen) atoms. The third kappa shape index (κ3) is 6.62. The number of hydrogen-bond donors (Lipinski definition) is 2. The smallest absolute Gasteiger partial charge is 0.241 e. The van der Waals surface area contributed by atoms with Crippen molar-refractivity contribution in [3.8, 4) is 5.75 Å². The minimum atomic E-state index is -3.87. The van der Waals surface area contributed by atoms with Crippen molar-refractivity contribution in [1.82, 2.24) is 14.9 Å². The van der Waals surface area contributed by atoms with Crippen LogP contribution in [-0.2, 0) is 19.6 Å². The van der Waals surface area contributed by atoms with E-state index in [-0.39, 0.29) is 15.8 Å². The molecule has 1 aliphatic rings. The summed E-state index contributed by atoms with van der Waals surface area (Å²) in [5, 5.41) is 2.94. The Morgan fingerprint density at radius 3 is 2.70 bits per heavy atom. The topological polar surface area (TPSA) is 97.0 Å². The number of amides is 1. The Hall–Kier alpha value is -1.39. The van der Waals surface area contributed by atoms with Crippen LogP contribution in [0.25, 0.3) is 0 Å². The van der Waals surface area contributed by atoms with E-state index >= 15 is 0 Å². The molecule has 1 atom stereocenters. The predicted octanol–water partition coefficient (Wildman–Crippen LogP) is 0.854. The molecular weight excluding hydrogens is 394 g/mol. The molecule has 8 nitrogen and oxygen atoms in total. The summed E-state index contributed by atoms with van der Waals surface area (Å²) >= 11 is 5.97. The molecule has 1 aromatic carbocycles. The van der Waals surface area contributed by atoms with Gasteiger partial charge in [0.15, 0.2) is 0 Å². The number of benzene rings is 1. The first-order valence-corrected chi connectivity index (χ1v) is 10.6. The van der Waals surface area contributed by atoms with Gasteiger partial charge in [0.05, 0.1) is 36.3 Å². The molecule has 0 aliphatic carbocycles. The van der Waals surface area contributed by atoms with Crippen molar-refractivity contribution in [3.05, 3.63) is 23.2 Å². The second-order valence-electron chi connectivity index (χ2n) is 6.24. The fraction of sp³-hybridized carbons (Fsp3) is 0.588. The lowest BCUT2D eigenvalue weighted by atomic mass is 10.3. The van der Waals surface area contributed by atoms with E-state index < -0.39 is 16.1 Å². The minimum Gasteiger partial charge on any atom is -0.495 e. The Kier molecular flexibility index (Phi) is 8.30. The highest BCUT2D eigenvalue weighted by molar-refractivity contribution is 7.89. The van der Waals surface area contributed by atoms with Crippen LogP contribution in [0.3, 0.4) is 0 Å². The maximum absolute atomic E-state index is 12.4. The Morgan fingerprint density at radius 2 is 2.07 bits per heavy atom. The molecule has 1 aliphatic heterocycles. The average Bonchev–Trinajstić information content (AvgIpc) is 2.65. The highest BCUT2D eigenvalue weighted by Crippen LogP contribution is 2.26. The summed E-state index contributed by atoms with van der Waals surface area (Å²) in [5.74, 6) is 0.00170. The standard InChI is InChI=1S/C17H26ClN3O5S/c1-13(17(22)19-6-3-7-21-8-10-26-11-9-21)20-27(23,24)14-4-5-16(25-2)15(18)12-14/h4-5,12-13,20H,3,6-11H2,1-2H3,(H,19,22)/t13-/m1/s1. The van der Waals surface area contributed by atoms with E-state index in [4.69, 9.17) is 21.1 Å². The molecule has 0 spiro atoms. The van der Waals surface area contributed by atoms with Gasteiger partial charge in [-0.05, 0) is 38.1 Å². The van der Waals surface area contributed by atoms with Gasteiger partial charge < -0.3 is 14.8 Å². The zero-order valence-corrected chi connectivity index (χ0v) is 17.1. The van der Waals surface area contributed by atoms with Gasteiger partial charge in [0.2, 0.25) is 15.9 Å². The molecule has 1 heterocycles. The summed E-state index contributed by atoms with van der Waals surface area (Å²) in [5.41, 5.74) is 0. The van der Waals surface area contributed by atoms with Crippen LogP contribution in [-0.4, -0.2) is 71.8 Å². The van der Waals surface area contributed by atoms with Crippen molar-refractivity contribution < 1.29 is 22.7 Å². The molecule has 0 unspecified atom stereocenters. The third-order valence-corrected chi connectivity index (χ3v) is 6.05. The molecule has 1 amide bonds. The first kappa shape index (κ1) is 21.9. The fourth-order valence-corrected chi connectivity index (χ4v) is 4.21. The number of ether oxygens (including phenoxy) is 2. The Bertz CT molecular complexity index is 738. The fourth-order valence-electron chi connectivity index (χ4n) is 2.66. The highest BCUT2D eigenvalue weighted by atomic mass is 35.5. The average molecular weight is 420 g/mol. The van der Waals surface area contributed by atoms with Crippen molar-refractivity contribution in [2.75, 3.05) is 46.5 Å². The molecule has 1 saturated heterocycles. The molecule has 0 aromatic heterocycles. The van der Waals surface area contributed by atoms with Crippen molar-refractivity contribution in [1.29, 1.82) is 0 Å². The van der Waals surface area contributed by atoms with Gasteiger partial charge in [-0.2, -0.15) is 4.72 Å².